The first-order valence-electron chi connectivity index (χ1n) is 12.1. The van der Waals surface area contributed by atoms with Crippen molar-refractivity contribution in [2.45, 2.75) is 147 Å². The van der Waals surface area contributed by atoms with Crippen LogP contribution in [0.4, 0.5) is 0 Å². The summed E-state index contributed by atoms with van der Waals surface area (Å²) in [6, 6.07) is 0. The predicted molar refractivity (Wildman–Crippen MR) is 120 cm³/mol. The minimum Gasteiger partial charge on any atom is -0.393 e. The quantitative estimate of drug-likeness (QED) is 0.154. The Balaban J connectivity index is 3.75. The monoisotopic (exact) mass is 420 g/mol. The molecular formula is C23H48O4S. The average Bonchev–Trinajstić information content (AvgIpc) is 2.64. The lowest BCUT2D eigenvalue weighted by Crippen LogP contribution is -2.20. The van der Waals surface area contributed by atoms with Gasteiger partial charge in [0.25, 0.3) is 10.1 Å². The van der Waals surface area contributed by atoms with Gasteiger partial charge in [0.15, 0.2) is 0 Å². The fourth-order valence-corrected chi connectivity index (χ4v) is 4.74. The van der Waals surface area contributed by atoms with Gasteiger partial charge in [-0.3, -0.25) is 4.55 Å². The molecule has 0 amide bonds. The summed E-state index contributed by atoms with van der Waals surface area (Å²) < 4.78 is 32.8. The SMILES string of the molecule is CCCCCCCCCCCC(CCCCCCC(O)CCCC)S(=O)(=O)O. The molecular weight excluding hydrogens is 372 g/mol. The van der Waals surface area contributed by atoms with Crippen molar-refractivity contribution in [3.8, 4) is 0 Å². The summed E-state index contributed by atoms with van der Waals surface area (Å²) in [5.74, 6) is 0. The van der Waals surface area contributed by atoms with Gasteiger partial charge in [0.1, 0.15) is 0 Å². The van der Waals surface area contributed by atoms with E-state index in [1.165, 1.54) is 44.9 Å². The second-order valence-electron chi connectivity index (χ2n) is 8.54. The first kappa shape index (κ1) is 27.9. The smallest absolute Gasteiger partial charge is 0.267 e. The fourth-order valence-electron chi connectivity index (χ4n) is 3.81. The van der Waals surface area contributed by atoms with Gasteiger partial charge >= 0.3 is 0 Å². The summed E-state index contributed by atoms with van der Waals surface area (Å²) in [6.07, 6.45) is 19.7. The van der Waals surface area contributed by atoms with Crippen molar-refractivity contribution in [3.63, 3.8) is 0 Å². The van der Waals surface area contributed by atoms with Crippen LogP contribution in [0, 0.1) is 0 Å². The van der Waals surface area contributed by atoms with Crippen molar-refractivity contribution in [1.82, 2.24) is 0 Å². The lowest BCUT2D eigenvalue weighted by Gasteiger charge is -2.14. The van der Waals surface area contributed by atoms with Crippen LogP contribution in [-0.2, 0) is 10.1 Å². The molecule has 0 bridgehead atoms. The van der Waals surface area contributed by atoms with Crippen LogP contribution in [0.25, 0.3) is 0 Å². The molecule has 28 heavy (non-hydrogen) atoms. The lowest BCUT2D eigenvalue weighted by atomic mass is 10.0. The van der Waals surface area contributed by atoms with Crippen LogP contribution in [0.3, 0.4) is 0 Å². The average molecular weight is 421 g/mol. The molecule has 5 heteroatoms. The molecule has 4 nitrogen and oxygen atoms in total. The van der Waals surface area contributed by atoms with E-state index >= 15 is 0 Å². The topological polar surface area (TPSA) is 74.6 Å². The molecule has 0 spiro atoms. The van der Waals surface area contributed by atoms with Gasteiger partial charge in [-0.05, 0) is 25.7 Å². The van der Waals surface area contributed by atoms with E-state index in [0.29, 0.717) is 12.8 Å². The fraction of sp³-hybridized carbons (Fsp3) is 1.00. The Labute approximate surface area is 175 Å². The van der Waals surface area contributed by atoms with E-state index in [0.717, 1.165) is 64.2 Å². The molecule has 0 radical (unpaired) electrons. The van der Waals surface area contributed by atoms with Gasteiger partial charge in [0.2, 0.25) is 0 Å². The van der Waals surface area contributed by atoms with Crippen molar-refractivity contribution in [2.75, 3.05) is 0 Å². The van der Waals surface area contributed by atoms with Crippen LogP contribution in [0.2, 0.25) is 0 Å². The van der Waals surface area contributed by atoms with Crippen molar-refractivity contribution in [3.05, 3.63) is 0 Å². The van der Waals surface area contributed by atoms with Gasteiger partial charge in [0, 0.05) is 0 Å². The summed E-state index contributed by atoms with van der Waals surface area (Å²) in [4.78, 5) is 0. The first-order chi connectivity index (χ1) is 13.4. The van der Waals surface area contributed by atoms with E-state index in [4.69, 9.17) is 0 Å². The van der Waals surface area contributed by atoms with Crippen molar-refractivity contribution < 1.29 is 18.1 Å². The number of aliphatic hydroxyl groups excluding tert-OH is 1. The van der Waals surface area contributed by atoms with E-state index in [-0.39, 0.29) is 6.10 Å². The Kier molecular flexibility index (Phi) is 18.8. The van der Waals surface area contributed by atoms with Gasteiger partial charge in [-0.1, -0.05) is 110 Å². The van der Waals surface area contributed by atoms with E-state index < -0.39 is 15.4 Å². The highest BCUT2D eigenvalue weighted by Crippen LogP contribution is 2.19. The largest absolute Gasteiger partial charge is 0.393 e. The van der Waals surface area contributed by atoms with Gasteiger partial charge in [-0.15, -0.1) is 0 Å². The third kappa shape index (κ3) is 17.9. The van der Waals surface area contributed by atoms with E-state index in [9.17, 15) is 18.1 Å². The Hall–Kier alpha value is -0.130. The Morgan fingerprint density at radius 3 is 1.36 bits per heavy atom. The van der Waals surface area contributed by atoms with Crippen molar-refractivity contribution in [1.29, 1.82) is 0 Å². The summed E-state index contributed by atoms with van der Waals surface area (Å²) in [7, 11) is -3.93. The lowest BCUT2D eigenvalue weighted by molar-refractivity contribution is 0.148. The number of unbranched alkanes of at least 4 members (excludes halogenated alkanes) is 12. The maximum absolute atomic E-state index is 11.6. The van der Waals surface area contributed by atoms with E-state index in [2.05, 4.69) is 13.8 Å². The summed E-state index contributed by atoms with van der Waals surface area (Å²) in [5, 5.41) is 9.24. The van der Waals surface area contributed by atoms with E-state index in [1.54, 1.807) is 0 Å². The molecule has 2 N–H and O–H groups in total. The van der Waals surface area contributed by atoms with E-state index in [1.807, 2.05) is 0 Å². The van der Waals surface area contributed by atoms with Crippen molar-refractivity contribution in [2.24, 2.45) is 0 Å². The van der Waals surface area contributed by atoms with Crippen LogP contribution in [-0.4, -0.2) is 29.4 Å². The molecule has 0 rings (SSSR count). The highest BCUT2D eigenvalue weighted by atomic mass is 32.2. The van der Waals surface area contributed by atoms with Gasteiger partial charge in [0.05, 0.1) is 11.4 Å². The molecule has 0 heterocycles. The van der Waals surface area contributed by atoms with Crippen LogP contribution >= 0.6 is 0 Å². The van der Waals surface area contributed by atoms with Gasteiger partial charge in [-0.2, -0.15) is 8.42 Å². The zero-order chi connectivity index (χ0) is 21.1. The Morgan fingerprint density at radius 1 is 0.571 bits per heavy atom. The predicted octanol–water partition coefficient (Wildman–Crippen LogP) is 7.06. The molecule has 0 aliphatic rings. The highest BCUT2D eigenvalue weighted by molar-refractivity contribution is 7.86. The van der Waals surface area contributed by atoms with Crippen molar-refractivity contribution >= 4 is 10.1 Å². The Bertz CT molecular complexity index is 422. The number of aliphatic hydroxyl groups is 1. The number of hydrogen-bond donors (Lipinski definition) is 2. The molecule has 0 aliphatic carbocycles. The highest BCUT2D eigenvalue weighted by Gasteiger charge is 2.21. The maximum Gasteiger partial charge on any atom is 0.267 e. The molecule has 0 fully saturated rings. The second kappa shape index (κ2) is 18.9. The molecule has 0 saturated carbocycles. The summed E-state index contributed by atoms with van der Waals surface area (Å²) in [5.41, 5.74) is 0. The molecule has 2 unspecified atom stereocenters. The first-order valence-corrected chi connectivity index (χ1v) is 13.6. The molecule has 0 aliphatic heterocycles. The number of hydrogen-bond acceptors (Lipinski definition) is 3. The molecule has 0 aromatic rings. The zero-order valence-corrected chi connectivity index (χ0v) is 19.5. The van der Waals surface area contributed by atoms with Gasteiger partial charge in [-0.25, -0.2) is 0 Å². The van der Waals surface area contributed by atoms with Crippen LogP contribution in [0.1, 0.15) is 136 Å². The molecule has 0 aromatic heterocycles. The standard InChI is InChI=1S/C23H48O4S/c1-3-5-7-8-9-10-11-12-16-20-23(28(25,26)27)21-17-14-13-15-19-22(24)18-6-4-2/h22-24H,3-21H2,1-2H3,(H,25,26,27). The normalized spacial score (nSPS) is 14.3. The second-order valence-corrected chi connectivity index (χ2v) is 10.2. The molecule has 2 atom stereocenters. The minimum absolute atomic E-state index is 0.183. The number of rotatable bonds is 21. The van der Waals surface area contributed by atoms with Crippen LogP contribution < -0.4 is 0 Å². The molecule has 0 aromatic carbocycles. The van der Waals surface area contributed by atoms with Crippen LogP contribution in [0.5, 0.6) is 0 Å². The summed E-state index contributed by atoms with van der Waals surface area (Å²) in [6.45, 7) is 4.36. The third-order valence-corrected chi connectivity index (χ3v) is 7.07. The minimum atomic E-state index is -3.93. The molecule has 170 valence electrons. The Morgan fingerprint density at radius 2 is 0.929 bits per heavy atom. The summed E-state index contributed by atoms with van der Waals surface area (Å²) >= 11 is 0. The van der Waals surface area contributed by atoms with Gasteiger partial charge < -0.3 is 5.11 Å². The third-order valence-electron chi connectivity index (χ3n) is 5.76. The molecule has 0 saturated heterocycles. The zero-order valence-electron chi connectivity index (χ0n) is 18.7. The van der Waals surface area contributed by atoms with Crippen LogP contribution in [0.15, 0.2) is 0 Å². The maximum atomic E-state index is 11.6.